The highest BCUT2D eigenvalue weighted by molar-refractivity contribution is 5.99. The fourth-order valence-corrected chi connectivity index (χ4v) is 2.39. The van der Waals surface area contributed by atoms with Gasteiger partial charge < -0.3 is 10.0 Å². The maximum atomic E-state index is 12.3. The molecule has 22 heavy (non-hydrogen) atoms. The van der Waals surface area contributed by atoms with Crippen molar-refractivity contribution < 1.29 is 14.7 Å². The molecule has 1 aromatic rings. The zero-order valence-electron chi connectivity index (χ0n) is 14.3. The first-order valence-electron chi connectivity index (χ1n) is 7.74. The number of Topliss-reactive ketones (excluding diaryl/α,β-unsaturated/α-hetero) is 1. The normalized spacial score (nSPS) is 11.4. The van der Waals surface area contributed by atoms with Gasteiger partial charge in [-0.15, -0.1) is 0 Å². The van der Waals surface area contributed by atoms with Gasteiger partial charge in [0.05, 0.1) is 5.60 Å². The zero-order valence-corrected chi connectivity index (χ0v) is 14.3. The summed E-state index contributed by atoms with van der Waals surface area (Å²) in [5.41, 5.74) is 1.74. The van der Waals surface area contributed by atoms with Crippen LogP contribution in [0.5, 0.6) is 0 Å². The van der Waals surface area contributed by atoms with Gasteiger partial charge in [-0.2, -0.15) is 0 Å². The van der Waals surface area contributed by atoms with Gasteiger partial charge >= 0.3 is 0 Å². The summed E-state index contributed by atoms with van der Waals surface area (Å²) in [7, 11) is 0. The predicted octanol–water partition coefficient (Wildman–Crippen LogP) is 2.89. The van der Waals surface area contributed by atoms with Crippen LogP contribution in [0.2, 0.25) is 0 Å². The Labute approximate surface area is 133 Å². The first-order valence-corrected chi connectivity index (χ1v) is 7.74. The Kier molecular flexibility index (Phi) is 6.30. The van der Waals surface area contributed by atoms with E-state index in [0.717, 1.165) is 11.1 Å². The van der Waals surface area contributed by atoms with Crippen LogP contribution in [0.3, 0.4) is 0 Å². The maximum Gasteiger partial charge on any atom is 0.223 e. The van der Waals surface area contributed by atoms with Gasteiger partial charge in [-0.05, 0) is 46.2 Å². The second-order valence-corrected chi connectivity index (χ2v) is 6.46. The number of rotatable bonds is 7. The lowest BCUT2D eigenvalue weighted by Gasteiger charge is -2.28. The van der Waals surface area contributed by atoms with Crippen molar-refractivity contribution >= 4 is 11.7 Å². The van der Waals surface area contributed by atoms with Gasteiger partial charge in [0.2, 0.25) is 5.91 Å². The van der Waals surface area contributed by atoms with E-state index in [9.17, 15) is 14.7 Å². The summed E-state index contributed by atoms with van der Waals surface area (Å²) in [6.45, 7) is 9.87. The number of aryl methyl sites for hydroxylation is 2. The van der Waals surface area contributed by atoms with Crippen LogP contribution >= 0.6 is 0 Å². The molecule has 1 rings (SSSR count). The molecule has 4 nitrogen and oxygen atoms in total. The van der Waals surface area contributed by atoms with E-state index in [1.54, 1.807) is 18.7 Å². The molecule has 0 heterocycles. The molecule has 1 N–H and O–H groups in total. The molecule has 1 aromatic carbocycles. The fourth-order valence-electron chi connectivity index (χ4n) is 2.39. The number of likely N-dealkylation sites (N-methyl/N-ethyl adjacent to an activating group) is 1. The highest BCUT2D eigenvalue weighted by Crippen LogP contribution is 2.15. The number of ketones is 1. The van der Waals surface area contributed by atoms with Gasteiger partial charge in [0.15, 0.2) is 5.78 Å². The number of carbonyl (C=O) groups excluding carboxylic acids is 2. The predicted molar refractivity (Wildman–Crippen MR) is 88.0 cm³/mol. The van der Waals surface area contributed by atoms with E-state index in [1.807, 2.05) is 39.0 Å². The zero-order chi connectivity index (χ0) is 16.9. The summed E-state index contributed by atoms with van der Waals surface area (Å²) in [6.07, 6.45) is 0.377. The number of hydrogen-bond donors (Lipinski definition) is 1. The Hall–Kier alpha value is -1.68. The van der Waals surface area contributed by atoms with E-state index >= 15 is 0 Å². The van der Waals surface area contributed by atoms with Gasteiger partial charge in [-0.1, -0.05) is 17.7 Å². The third-order valence-electron chi connectivity index (χ3n) is 3.57. The maximum absolute atomic E-state index is 12.3. The monoisotopic (exact) mass is 305 g/mol. The van der Waals surface area contributed by atoms with E-state index in [0.29, 0.717) is 12.1 Å². The van der Waals surface area contributed by atoms with Gasteiger partial charge in [0.1, 0.15) is 0 Å². The topological polar surface area (TPSA) is 57.6 Å². The molecule has 0 aliphatic rings. The molecule has 0 bridgehead atoms. The lowest BCUT2D eigenvalue weighted by molar-refractivity contribution is -0.133. The Bertz CT molecular complexity index is 544. The fraction of sp³-hybridized carbons (Fsp3) is 0.556. The molecule has 0 atom stereocenters. The first kappa shape index (κ1) is 18.4. The van der Waals surface area contributed by atoms with Crippen molar-refractivity contribution in [2.45, 2.75) is 53.1 Å². The number of amides is 1. The molecule has 1 amide bonds. The number of nitrogens with zero attached hydrogens (tertiary/aromatic N) is 1. The largest absolute Gasteiger partial charge is 0.389 e. The summed E-state index contributed by atoms with van der Waals surface area (Å²) in [4.78, 5) is 26.1. The molecule has 4 heteroatoms. The van der Waals surface area contributed by atoms with Crippen molar-refractivity contribution in [2.24, 2.45) is 0 Å². The number of carbonyl (C=O) groups is 2. The minimum absolute atomic E-state index is 0.00568. The average Bonchev–Trinajstić information content (AvgIpc) is 2.43. The molecule has 0 aliphatic heterocycles. The van der Waals surface area contributed by atoms with Gasteiger partial charge in [0.25, 0.3) is 0 Å². The molecule has 0 saturated carbocycles. The van der Waals surface area contributed by atoms with Crippen molar-refractivity contribution in [3.63, 3.8) is 0 Å². The van der Waals surface area contributed by atoms with Crippen LogP contribution in [0.1, 0.15) is 55.1 Å². The average molecular weight is 305 g/mol. The van der Waals surface area contributed by atoms with Crippen molar-refractivity contribution in [3.8, 4) is 0 Å². The number of aliphatic hydroxyl groups is 1. The quantitative estimate of drug-likeness (QED) is 0.788. The minimum Gasteiger partial charge on any atom is -0.389 e. The molecular formula is C18H27NO3. The molecule has 0 spiro atoms. The van der Waals surface area contributed by atoms with Gasteiger partial charge in [-0.3, -0.25) is 9.59 Å². The third kappa shape index (κ3) is 5.60. The smallest absolute Gasteiger partial charge is 0.223 e. The van der Waals surface area contributed by atoms with E-state index in [4.69, 9.17) is 0 Å². The van der Waals surface area contributed by atoms with Crippen LogP contribution in [0.25, 0.3) is 0 Å². The van der Waals surface area contributed by atoms with Crippen LogP contribution in [-0.4, -0.2) is 40.4 Å². The van der Waals surface area contributed by atoms with E-state index in [-0.39, 0.29) is 31.1 Å². The SMILES string of the molecule is CCN(CC(C)(C)O)C(=O)CCC(=O)c1cc(C)ccc1C. The number of hydrogen-bond acceptors (Lipinski definition) is 3. The van der Waals surface area contributed by atoms with Crippen molar-refractivity contribution in [1.82, 2.24) is 4.90 Å². The summed E-state index contributed by atoms with van der Waals surface area (Å²) < 4.78 is 0. The van der Waals surface area contributed by atoms with Crippen molar-refractivity contribution in [3.05, 3.63) is 34.9 Å². The second kappa shape index (κ2) is 7.54. The molecule has 0 unspecified atom stereocenters. The molecule has 0 radical (unpaired) electrons. The highest BCUT2D eigenvalue weighted by atomic mass is 16.3. The van der Waals surface area contributed by atoms with Crippen LogP contribution in [-0.2, 0) is 4.79 Å². The molecular weight excluding hydrogens is 278 g/mol. The van der Waals surface area contributed by atoms with Crippen LogP contribution in [0.15, 0.2) is 18.2 Å². The van der Waals surface area contributed by atoms with Crippen LogP contribution in [0, 0.1) is 13.8 Å². The van der Waals surface area contributed by atoms with Crippen LogP contribution < -0.4 is 0 Å². The standard InChI is InChI=1S/C18H27NO3/c1-6-19(12-18(4,5)22)17(21)10-9-16(20)15-11-13(2)7-8-14(15)3/h7-8,11,22H,6,9-10,12H2,1-5H3. The Balaban J connectivity index is 2.66. The number of benzene rings is 1. The Morgan fingerprint density at radius 3 is 2.36 bits per heavy atom. The summed E-state index contributed by atoms with van der Waals surface area (Å²) in [5.74, 6) is -0.0999. The van der Waals surface area contributed by atoms with Crippen LogP contribution in [0.4, 0.5) is 0 Å². The third-order valence-corrected chi connectivity index (χ3v) is 3.57. The van der Waals surface area contributed by atoms with Crippen molar-refractivity contribution in [2.75, 3.05) is 13.1 Å². The first-order chi connectivity index (χ1) is 10.1. The minimum atomic E-state index is -0.928. The van der Waals surface area contributed by atoms with E-state index in [1.165, 1.54) is 0 Å². The lowest BCUT2D eigenvalue weighted by Crippen LogP contribution is -2.42. The molecule has 0 fully saturated rings. The van der Waals surface area contributed by atoms with E-state index < -0.39 is 5.60 Å². The Morgan fingerprint density at radius 2 is 1.82 bits per heavy atom. The van der Waals surface area contributed by atoms with Crippen molar-refractivity contribution in [1.29, 1.82) is 0 Å². The molecule has 0 saturated heterocycles. The van der Waals surface area contributed by atoms with Gasteiger partial charge in [0, 0.05) is 31.5 Å². The summed E-state index contributed by atoms with van der Waals surface area (Å²) in [6, 6.07) is 5.77. The summed E-state index contributed by atoms with van der Waals surface area (Å²) in [5, 5.41) is 9.83. The molecule has 0 aliphatic carbocycles. The molecule has 0 aromatic heterocycles. The molecule has 122 valence electrons. The second-order valence-electron chi connectivity index (χ2n) is 6.46. The van der Waals surface area contributed by atoms with Gasteiger partial charge in [-0.25, -0.2) is 0 Å². The lowest BCUT2D eigenvalue weighted by atomic mass is 9.99. The van der Waals surface area contributed by atoms with E-state index in [2.05, 4.69) is 0 Å². The Morgan fingerprint density at radius 1 is 1.18 bits per heavy atom. The highest BCUT2D eigenvalue weighted by Gasteiger charge is 2.22. The summed E-state index contributed by atoms with van der Waals surface area (Å²) >= 11 is 0.